The Kier molecular flexibility index (Phi) is 4.72. The van der Waals surface area contributed by atoms with Crippen LogP contribution in [0.25, 0.3) is 21.9 Å². The maximum absolute atomic E-state index is 4.60. The van der Waals surface area contributed by atoms with Gasteiger partial charge in [-0.25, -0.2) is 4.98 Å². The van der Waals surface area contributed by atoms with Crippen molar-refractivity contribution in [3.63, 3.8) is 0 Å². The molecule has 1 N–H and O–H groups in total. The second-order valence-corrected chi connectivity index (χ2v) is 9.03. The molecule has 2 aromatic carbocycles. The average molecular weight is 392 g/mol. The maximum atomic E-state index is 4.60. The standard InChI is InChI=1S/C22H21N3S2/c1-2-4-17(5-3-1)27-15-16-6-7-19-18(14-16)21-20(8-9-23-22(21)24-19)25-10-12-26-13-11-25/h1-9,14H,10-13,15H2,(H,23,24). The molecule has 3 heterocycles. The first-order chi connectivity index (χ1) is 13.4. The Morgan fingerprint density at radius 1 is 1.04 bits per heavy atom. The van der Waals surface area contributed by atoms with Crippen molar-refractivity contribution in [2.24, 2.45) is 0 Å². The summed E-state index contributed by atoms with van der Waals surface area (Å²) < 4.78 is 0. The summed E-state index contributed by atoms with van der Waals surface area (Å²) >= 11 is 3.93. The molecule has 5 heteroatoms. The molecular weight excluding hydrogens is 370 g/mol. The van der Waals surface area contributed by atoms with Gasteiger partial charge in [0.2, 0.25) is 0 Å². The molecule has 0 atom stereocenters. The van der Waals surface area contributed by atoms with Crippen LogP contribution < -0.4 is 4.90 Å². The van der Waals surface area contributed by atoms with Gasteiger partial charge in [0.1, 0.15) is 5.65 Å². The van der Waals surface area contributed by atoms with Crippen LogP contribution in [0.1, 0.15) is 5.56 Å². The molecule has 3 nitrogen and oxygen atoms in total. The summed E-state index contributed by atoms with van der Waals surface area (Å²) in [7, 11) is 0. The molecule has 0 spiro atoms. The van der Waals surface area contributed by atoms with Crippen LogP contribution in [0.15, 0.2) is 65.7 Å². The van der Waals surface area contributed by atoms with Crippen molar-refractivity contribution in [3.8, 4) is 0 Å². The van der Waals surface area contributed by atoms with Crippen LogP contribution in [-0.2, 0) is 5.75 Å². The van der Waals surface area contributed by atoms with E-state index in [4.69, 9.17) is 0 Å². The summed E-state index contributed by atoms with van der Waals surface area (Å²) in [5, 5.41) is 2.56. The van der Waals surface area contributed by atoms with E-state index in [-0.39, 0.29) is 0 Å². The molecule has 136 valence electrons. The second-order valence-electron chi connectivity index (χ2n) is 6.76. The van der Waals surface area contributed by atoms with Crippen LogP contribution in [0.5, 0.6) is 0 Å². The van der Waals surface area contributed by atoms with Crippen LogP contribution in [-0.4, -0.2) is 34.6 Å². The van der Waals surface area contributed by atoms with Crippen molar-refractivity contribution in [3.05, 3.63) is 66.4 Å². The number of anilines is 1. The molecule has 4 aromatic rings. The lowest BCUT2D eigenvalue weighted by molar-refractivity contribution is 0.862. The van der Waals surface area contributed by atoms with Gasteiger partial charge < -0.3 is 9.88 Å². The predicted molar refractivity (Wildman–Crippen MR) is 119 cm³/mol. The number of aromatic nitrogens is 2. The summed E-state index contributed by atoms with van der Waals surface area (Å²) in [4.78, 5) is 11.9. The van der Waals surface area contributed by atoms with Crippen molar-refractivity contribution < 1.29 is 0 Å². The van der Waals surface area contributed by atoms with E-state index in [0.717, 1.165) is 24.5 Å². The summed E-state index contributed by atoms with van der Waals surface area (Å²) in [6, 6.07) is 19.6. The van der Waals surface area contributed by atoms with Crippen molar-refractivity contribution in [1.82, 2.24) is 9.97 Å². The Morgan fingerprint density at radius 3 is 2.74 bits per heavy atom. The van der Waals surface area contributed by atoms with Gasteiger partial charge >= 0.3 is 0 Å². The van der Waals surface area contributed by atoms with Gasteiger partial charge in [-0.2, -0.15) is 11.8 Å². The molecule has 27 heavy (non-hydrogen) atoms. The number of hydrogen-bond acceptors (Lipinski definition) is 4. The number of rotatable bonds is 4. The molecule has 5 rings (SSSR count). The molecule has 1 aliphatic rings. The Morgan fingerprint density at radius 2 is 1.89 bits per heavy atom. The van der Waals surface area contributed by atoms with Gasteiger partial charge in [-0.15, -0.1) is 11.8 Å². The second kappa shape index (κ2) is 7.49. The van der Waals surface area contributed by atoms with Crippen molar-refractivity contribution in [2.75, 3.05) is 29.5 Å². The Balaban J connectivity index is 1.53. The number of H-pyrrole nitrogens is 1. The highest BCUT2D eigenvalue weighted by atomic mass is 32.2. The average Bonchev–Trinajstić information content (AvgIpc) is 3.12. The van der Waals surface area contributed by atoms with E-state index < -0.39 is 0 Å². The van der Waals surface area contributed by atoms with E-state index in [1.54, 1.807) is 0 Å². The molecule has 0 aliphatic carbocycles. The number of hydrogen-bond donors (Lipinski definition) is 1. The van der Waals surface area contributed by atoms with E-state index in [9.17, 15) is 0 Å². The third-order valence-electron chi connectivity index (χ3n) is 5.04. The minimum absolute atomic E-state index is 0.975. The molecule has 1 fully saturated rings. The van der Waals surface area contributed by atoms with Gasteiger partial charge in [0.05, 0.1) is 0 Å². The van der Waals surface area contributed by atoms with Crippen LogP contribution in [0.3, 0.4) is 0 Å². The quantitative estimate of drug-likeness (QED) is 0.462. The fourth-order valence-corrected chi connectivity index (χ4v) is 5.45. The molecule has 0 unspecified atom stereocenters. The largest absolute Gasteiger partial charge is 0.369 e. The molecule has 0 saturated carbocycles. The lowest BCUT2D eigenvalue weighted by atomic mass is 10.1. The number of aromatic amines is 1. The van der Waals surface area contributed by atoms with E-state index in [2.05, 4.69) is 69.5 Å². The normalized spacial score (nSPS) is 14.9. The van der Waals surface area contributed by atoms with Crippen LogP contribution >= 0.6 is 23.5 Å². The van der Waals surface area contributed by atoms with E-state index in [1.807, 2.05) is 29.7 Å². The number of nitrogens with one attached hydrogen (secondary N) is 1. The van der Waals surface area contributed by atoms with Crippen LogP contribution in [0.4, 0.5) is 5.69 Å². The minimum Gasteiger partial charge on any atom is -0.369 e. The molecule has 0 bridgehead atoms. The zero-order valence-electron chi connectivity index (χ0n) is 15.0. The Bertz CT molecular complexity index is 1070. The zero-order valence-corrected chi connectivity index (χ0v) is 16.7. The fraction of sp³-hybridized carbons (Fsp3) is 0.227. The number of fused-ring (bicyclic) bond motifs is 3. The molecule has 0 amide bonds. The summed E-state index contributed by atoms with van der Waals surface area (Å²) in [5.74, 6) is 3.37. The fourth-order valence-electron chi connectivity index (χ4n) is 3.69. The lowest BCUT2D eigenvalue weighted by Gasteiger charge is -2.29. The Hall–Kier alpha value is -2.11. The third-order valence-corrected chi connectivity index (χ3v) is 7.06. The van der Waals surface area contributed by atoms with Gasteiger partial charge in [-0.3, -0.25) is 0 Å². The predicted octanol–water partition coefficient (Wildman–Crippen LogP) is 5.56. The zero-order chi connectivity index (χ0) is 18.1. The van der Waals surface area contributed by atoms with Crippen molar-refractivity contribution in [1.29, 1.82) is 0 Å². The Labute approximate surface area is 167 Å². The first-order valence-corrected chi connectivity index (χ1v) is 11.4. The lowest BCUT2D eigenvalue weighted by Crippen LogP contribution is -2.32. The molecule has 0 radical (unpaired) electrons. The molecule has 2 aromatic heterocycles. The number of benzene rings is 2. The SMILES string of the molecule is c1ccc(SCc2ccc3[nH]c4nccc(N5CCSCC5)c4c3c2)cc1. The summed E-state index contributed by atoms with van der Waals surface area (Å²) in [6.45, 7) is 2.22. The van der Waals surface area contributed by atoms with Gasteiger partial charge in [0, 0.05) is 63.4 Å². The molecular formula is C22H21N3S2. The summed E-state index contributed by atoms with van der Waals surface area (Å²) in [5.41, 5.74) is 4.83. The van der Waals surface area contributed by atoms with Crippen LogP contribution in [0.2, 0.25) is 0 Å². The van der Waals surface area contributed by atoms with Crippen molar-refractivity contribution >= 4 is 51.1 Å². The van der Waals surface area contributed by atoms with Crippen LogP contribution in [0, 0.1) is 0 Å². The number of nitrogens with zero attached hydrogens (tertiary/aromatic N) is 2. The maximum Gasteiger partial charge on any atom is 0.140 e. The summed E-state index contributed by atoms with van der Waals surface area (Å²) in [6.07, 6.45) is 1.93. The van der Waals surface area contributed by atoms with Crippen molar-refractivity contribution in [2.45, 2.75) is 10.6 Å². The molecule has 1 saturated heterocycles. The van der Waals surface area contributed by atoms with Gasteiger partial charge in [0.15, 0.2) is 0 Å². The van der Waals surface area contributed by atoms with E-state index >= 15 is 0 Å². The smallest absolute Gasteiger partial charge is 0.140 e. The highest BCUT2D eigenvalue weighted by molar-refractivity contribution is 7.99. The van der Waals surface area contributed by atoms with Gasteiger partial charge in [-0.1, -0.05) is 24.3 Å². The minimum atomic E-state index is 0.975. The first kappa shape index (κ1) is 17.0. The van der Waals surface area contributed by atoms with E-state index in [0.29, 0.717) is 0 Å². The first-order valence-electron chi connectivity index (χ1n) is 9.28. The topological polar surface area (TPSA) is 31.9 Å². The highest BCUT2D eigenvalue weighted by Crippen LogP contribution is 2.35. The third kappa shape index (κ3) is 3.42. The monoisotopic (exact) mass is 391 g/mol. The number of thioether (sulfide) groups is 2. The molecule has 1 aliphatic heterocycles. The van der Waals surface area contributed by atoms with Gasteiger partial charge in [-0.05, 0) is 35.9 Å². The van der Waals surface area contributed by atoms with Gasteiger partial charge in [0.25, 0.3) is 0 Å². The highest BCUT2D eigenvalue weighted by Gasteiger charge is 2.17. The number of pyridine rings is 1. The van der Waals surface area contributed by atoms with E-state index in [1.165, 1.54) is 43.9 Å².